The fourth-order valence-electron chi connectivity index (χ4n) is 2.59. The summed E-state index contributed by atoms with van der Waals surface area (Å²) >= 11 is 6.30. The fourth-order valence-corrected chi connectivity index (χ4v) is 2.97. The second-order valence-electron chi connectivity index (χ2n) is 5.16. The van der Waals surface area contributed by atoms with Crippen LogP contribution in [0.25, 0.3) is 0 Å². The van der Waals surface area contributed by atoms with E-state index in [4.69, 9.17) is 16.3 Å². The molecule has 0 aromatic heterocycles. The van der Waals surface area contributed by atoms with Gasteiger partial charge in [0.15, 0.2) is 0 Å². The summed E-state index contributed by atoms with van der Waals surface area (Å²) in [6, 6.07) is 9.63. The van der Waals surface area contributed by atoms with E-state index in [9.17, 15) is 4.79 Å². The van der Waals surface area contributed by atoms with Gasteiger partial charge in [-0.15, -0.1) is 0 Å². The zero-order valence-electron chi connectivity index (χ0n) is 13.4. The molecule has 0 aliphatic carbocycles. The SMILES string of the molecule is CCCC(Cl)OC(CC)(CC)N(C(C)=O)c1ccccc1. The first-order valence-electron chi connectivity index (χ1n) is 7.68. The van der Waals surface area contributed by atoms with E-state index >= 15 is 0 Å². The molecular formula is C17H26ClNO2. The smallest absolute Gasteiger partial charge is 0.226 e. The molecule has 21 heavy (non-hydrogen) atoms. The Morgan fingerprint density at radius 1 is 1.24 bits per heavy atom. The first-order valence-corrected chi connectivity index (χ1v) is 8.12. The van der Waals surface area contributed by atoms with E-state index in [2.05, 4.69) is 6.92 Å². The van der Waals surface area contributed by atoms with Gasteiger partial charge in [-0.25, -0.2) is 0 Å². The molecule has 0 N–H and O–H groups in total. The Labute approximate surface area is 133 Å². The van der Waals surface area contributed by atoms with Crippen LogP contribution in [0, 0.1) is 0 Å². The maximum atomic E-state index is 12.3. The van der Waals surface area contributed by atoms with Gasteiger partial charge in [-0.3, -0.25) is 9.69 Å². The number of hydrogen-bond donors (Lipinski definition) is 0. The highest BCUT2D eigenvalue weighted by Crippen LogP contribution is 2.33. The van der Waals surface area contributed by atoms with Gasteiger partial charge in [-0.05, 0) is 31.4 Å². The molecule has 4 heteroatoms. The van der Waals surface area contributed by atoms with Crippen LogP contribution in [-0.4, -0.2) is 17.2 Å². The number of carbonyl (C=O) groups excluding carboxylic acids is 1. The summed E-state index contributed by atoms with van der Waals surface area (Å²) in [6.07, 6.45) is 3.09. The summed E-state index contributed by atoms with van der Waals surface area (Å²) < 4.78 is 6.13. The monoisotopic (exact) mass is 311 g/mol. The first kappa shape index (κ1) is 18.0. The summed E-state index contributed by atoms with van der Waals surface area (Å²) in [5, 5.41) is 0. The molecule has 0 saturated carbocycles. The van der Waals surface area contributed by atoms with E-state index in [-0.39, 0.29) is 11.5 Å². The topological polar surface area (TPSA) is 29.5 Å². The summed E-state index contributed by atoms with van der Waals surface area (Å²) in [7, 11) is 0. The second-order valence-corrected chi connectivity index (χ2v) is 5.65. The third kappa shape index (κ3) is 4.45. The third-order valence-corrected chi connectivity index (χ3v) is 4.01. The zero-order valence-corrected chi connectivity index (χ0v) is 14.2. The summed E-state index contributed by atoms with van der Waals surface area (Å²) in [4.78, 5) is 14.0. The van der Waals surface area contributed by atoms with Crippen LogP contribution in [0.5, 0.6) is 0 Å². The molecule has 118 valence electrons. The predicted molar refractivity (Wildman–Crippen MR) is 88.5 cm³/mol. The van der Waals surface area contributed by atoms with Crippen LogP contribution >= 0.6 is 11.6 Å². The average Bonchev–Trinajstić information content (AvgIpc) is 2.47. The van der Waals surface area contributed by atoms with Gasteiger partial charge >= 0.3 is 0 Å². The number of para-hydroxylation sites is 1. The summed E-state index contributed by atoms with van der Waals surface area (Å²) in [6.45, 7) is 7.69. The van der Waals surface area contributed by atoms with Gasteiger partial charge in [0.25, 0.3) is 0 Å². The molecule has 1 aromatic rings. The van der Waals surface area contributed by atoms with Crippen LogP contribution in [0.4, 0.5) is 5.69 Å². The van der Waals surface area contributed by atoms with Crippen molar-refractivity contribution >= 4 is 23.2 Å². The van der Waals surface area contributed by atoms with Gasteiger partial charge in [0, 0.05) is 12.6 Å². The first-order chi connectivity index (χ1) is 10.0. The number of halogens is 1. The van der Waals surface area contributed by atoms with Crippen molar-refractivity contribution in [1.29, 1.82) is 0 Å². The highest BCUT2D eigenvalue weighted by Gasteiger charge is 2.39. The lowest BCUT2D eigenvalue weighted by atomic mass is 10.0. The van der Waals surface area contributed by atoms with Gasteiger partial charge in [0.1, 0.15) is 11.3 Å². The minimum absolute atomic E-state index is 0.0368. The largest absolute Gasteiger partial charge is 0.336 e. The fraction of sp³-hybridized carbons (Fsp3) is 0.588. The number of benzene rings is 1. The van der Waals surface area contributed by atoms with E-state index in [1.54, 1.807) is 11.8 Å². The van der Waals surface area contributed by atoms with Crippen molar-refractivity contribution in [3.05, 3.63) is 30.3 Å². The predicted octanol–water partition coefficient (Wildman–Crippen LogP) is 4.94. The Balaban J connectivity index is 3.17. The Morgan fingerprint density at radius 2 is 1.81 bits per heavy atom. The van der Waals surface area contributed by atoms with Crippen molar-refractivity contribution in [1.82, 2.24) is 0 Å². The van der Waals surface area contributed by atoms with Crippen molar-refractivity contribution in [3.8, 4) is 0 Å². The van der Waals surface area contributed by atoms with Crippen LogP contribution in [0.1, 0.15) is 53.4 Å². The highest BCUT2D eigenvalue weighted by atomic mass is 35.5. The maximum Gasteiger partial charge on any atom is 0.226 e. The summed E-state index contributed by atoms with van der Waals surface area (Å²) in [5.74, 6) is -0.0368. The lowest BCUT2D eigenvalue weighted by Crippen LogP contribution is -2.54. The number of alkyl halides is 1. The van der Waals surface area contributed by atoms with Gasteiger partial charge < -0.3 is 4.74 Å². The van der Waals surface area contributed by atoms with Gasteiger partial charge in [-0.2, -0.15) is 0 Å². The third-order valence-electron chi connectivity index (χ3n) is 3.70. The lowest BCUT2D eigenvalue weighted by molar-refractivity contribution is -0.127. The number of rotatable bonds is 8. The van der Waals surface area contributed by atoms with E-state index in [0.717, 1.165) is 18.5 Å². The van der Waals surface area contributed by atoms with Crippen molar-refractivity contribution in [2.24, 2.45) is 0 Å². The number of anilines is 1. The molecule has 1 amide bonds. The molecule has 3 nitrogen and oxygen atoms in total. The molecular weight excluding hydrogens is 286 g/mol. The number of carbonyl (C=O) groups is 1. The molecule has 0 heterocycles. The van der Waals surface area contributed by atoms with Crippen LogP contribution in [-0.2, 0) is 9.53 Å². The van der Waals surface area contributed by atoms with Crippen LogP contribution in [0.2, 0.25) is 0 Å². The maximum absolute atomic E-state index is 12.3. The summed E-state index contributed by atoms with van der Waals surface area (Å²) in [5.41, 5.74) is -0.246. The Morgan fingerprint density at radius 3 is 2.24 bits per heavy atom. The second kappa shape index (κ2) is 8.40. The van der Waals surface area contributed by atoms with Crippen molar-refractivity contribution in [2.75, 3.05) is 4.90 Å². The van der Waals surface area contributed by atoms with Crippen LogP contribution in [0.15, 0.2) is 30.3 Å². The molecule has 0 aliphatic rings. The molecule has 1 aromatic carbocycles. The number of amides is 1. The van der Waals surface area contributed by atoms with E-state index in [0.29, 0.717) is 12.8 Å². The molecule has 1 unspecified atom stereocenters. The number of nitrogens with zero attached hydrogens (tertiary/aromatic N) is 1. The Kier molecular flexibility index (Phi) is 7.20. The quantitative estimate of drug-likeness (QED) is 0.503. The number of ether oxygens (including phenoxy) is 1. The van der Waals surface area contributed by atoms with Crippen molar-refractivity contribution in [3.63, 3.8) is 0 Å². The standard InChI is InChI=1S/C17H26ClNO2/c1-5-11-16(18)21-17(6-2,7-3)19(14(4)20)15-12-9-8-10-13-15/h8-10,12-13,16H,5-7,11H2,1-4H3. The molecule has 0 aliphatic heterocycles. The van der Waals surface area contributed by atoms with E-state index in [1.165, 1.54) is 0 Å². The van der Waals surface area contributed by atoms with E-state index in [1.807, 2.05) is 44.2 Å². The molecule has 0 spiro atoms. The van der Waals surface area contributed by atoms with Crippen molar-refractivity contribution < 1.29 is 9.53 Å². The van der Waals surface area contributed by atoms with Gasteiger partial charge in [0.2, 0.25) is 5.91 Å². The normalized spacial score (nSPS) is 13.0. The van der Waals surface area contributed by atoms with Gasteiger partial charge in [0.05, 0.1) is 0 Å². The van der Waals surface area contributed by atoms with Gasteiger partial charge in [-0.1, -0.05) is 57.0 Å². The van der Waals surface area contributed by atoms with Crippen LogP contribution in [0.3, 0.4) is 0 Å². The zero-order chi connectivity index (χ0) is 15.9. The minimum atomic E-state index is -0.700. The molecule has 0 saturated heterocycles. The Hall–Kier alpha value is -1.06. The molecule has 0 fully saturated rings. The highest BCUT2D eigenvalue weighted by molar-refractivity contribution is 6.19. The Bertz CT molecular complexity index is 432. The van der Waals surface area contributed by atoms with Crippen molar-refractivity contribution in [2.45, 2.75) is 64.7 Å². The minimum Gasteiger partial charge on any atom is -0.336 e. The molecule has 0 bridgehead atoms. The van der Waals surface area contributed by atoms with E-state index < -0.39 is 5.72 Å². The molecule has 1 rings (SSSR count). The van der Waals surface area contributed by atoms with Crippen LogP contribution < -0.4 is 4.90 Å². The number of hydrogen-bond acceptors (Lipinski definition) is 2. The molecule has 0 radical (unpaired) electrons. The lowest BCUT2D eigenvalue weighted by Gasteiger charge is -2.43. The molecule has 1 atom stereocenters. The average molecular weight is 312 g/mol.